The van der Waals surface area contributed by atoms with Crippen LogP contribution < -0.4 is 10.6 Å². The maximum absolute atomic E-state index is 11.3. The number of hydrogen-bond acceptors (Lipinski definition) is 2. The zero-order chi connectivity index (χ0) is 12.3. The molecule has 1 aromatic rings. The first-order chi connectivity index (χ1) is 8.16. The molecule has 1 fully saturated rings. The number of carbonyl (C=O) groups excluding carboxylic acids is 1. The monoisotopic (exact) mass is 234 g/mol. The van der Waals surface area contributed by atoms with Gasteiger partial charge in [-0.1, -0.05) is 30.3 Å². The van der Waals surface area contributed by atoms with Gasteiger partial charge in [-0.05, 0) is 12.0 Å². The first kappa shape index (κ1) is 11.4. The Balaban J connectivity index is 1.76. The lowest BCUT2D eigenvalue weighted by molar-refractivity contribution is -0.135. The van der Waals surface area contributed by atoms with Crippen molar-refractivity contribution in [2.75, 3.05) is 6.54 Å². The van der Waals surface area contributed by atoms with Crippen LogP contribution in [0.1, 0.15) is 17.9 Å². The highest BCUT2D eigenvalue weighted by Crippen LogP contribution is 2.40. The number of carbonyl (C=O) groups is 2. The smallest absolute Gasteiger partial charge is 0.323 e. The second-order valence-corrected chi connectivity index (χ2v) is 4.08. The van der Waals surface area contributed by atoms with E-state index in [1.807, 2.05) is 30.3 Å². The predicted molar refractivity (Wildman–Crippen MR) is 61.8 cm³/mol. The molecule has 90 valence electrons. The Hall–Kier alpha value is -2.04. The van der Waals surface area contributed by atoms with E-state index in [0.717, 1.165) is 6.42 Å². The Morgan fingerprint density at radius 3 is 2.65 bits per heavy atom. The Morgan fingerprint density at radius 1 is 1.29 bits per heavy atom. The van der Waals surface area contributed by atoms with Crippen molar-refractivity contribution in [3.63, 3.8) is 0 Å². The van der Waals surface area contributed by atoms with E-state index in [1.165, 1.54) is 5.56 Å². The van der Waals surface area contributed by atoms with E-state index in [9.17, 15) is 9.59 Å². The Kier molecular flexibility index (Phi) is 3.27. The van der Waals surface area contributed by atoms with Crippen molar-refractivity contribution >= 4 is 12.0 Å². The number of aliphatic carboxylic acids is 1. The number of urea groups is 1. The van der Waals surface area contributed by atoms with Crippen molar-refractivity contribution in [2.45, 2.75) is 18.4 Å². The van der Waals surface area contributed by atoms with Crippen LogP contribution in [0.2, 0.25) is 0 Å². The van der Waals surface area contributed by atoms with Crippen LogP contribution in [0.15, 0.2) is 30.3 Å². The average Bonchev–Trinajstić information content (AvgIpc) is 3.07. The van der Waals surface area contributed by atoms with Crippen molar-refractivity contribution in [1.29, 1.82) is 0 Å². The summed E-state index contributed by atoms with van der Waals surface area (Å²) in [6.07, 6.45) is 0.907. The molecule has 0 aliphatic heterocycles. The summed E-state index contributed by atoms with van der Waals surface area (Å²) in [6.45, 7) is -0.353. The first-order valence-electron chi connectivity index (χ1n) is 5.48. The van der Waals surface area contributed by atoms with Crippen molar-refractivity contribution in [2.24, 2.45) is 0 Å². The highest BCUT2D eigenvalue weighted by Gasteiger charge is 2.39. The largest absolute Gasteiger partial charge is 0.480 e. The maximum atomic E-state index is 11.3. The van der Waals surface area contributed by atoms with Gasteiger partial charge in [-0.15, -0.1) is 0 Å². The van der Waals surface area contributed by atoms with Crippen LogP contribution in [-0.4, -0.2) is 29.7 Å². The molecule has 5 nitrogen and oxygen atoms in total. The lowest BCUT2D eigenvalue weighted by Crippen LogP contribution is -2.39. The summed E-state index contributed by atoms with van der Waals surface area (Å²) < 4.78 is 0. The first-order valence-corrected chi connectivity index (χ1v) is 5.48. The van der Waals surface area contributed by atoms with E-state index >= 15 is 0 Å². The Bertz CT molecular complexity index is 419. The van der Waals surface area contributed by atoms with Crippen molar-refractivity contribution in [1.82, 2.24) is 10.6 Å². The number of carboxylic acids is 1. The van der Waals surface area contributed by atoms with Gasteiger partial charge in [0.15, 0.2) is 0 Å². The molecule has 3 N–H and O–H groups in total. The zero-order valence-corrected chi connectivity index (χ0v) is 9.22. The van der Waals surface area contributed by atoms with Crippen LogP contribution >= 0.6 is 0 Å². The summed E-state index contributed by atoms with van der Waals surface area (Å²) >= 11 is 0. The van der Waals surface area contributed by atoms with Crippen LogP contribution in [0.25, 0.3) is 0 Å². The fraction of sp³-hybridized carbons (Fsp3) is 0.333. The van der Waals surface area contributed by atoms with Crippen LogP contribution in [0, 0.1) is 0 Å². The van der Waals surface area contributed by atoms with Crippen LogP contribution in [0.5, 0.6) is 0 Å². The molecule has 0 bridgehead atoms. The number of amides is 2. The molecule has 0 spiro atoms. The van der Waals surface area contributed by atoms with E-state index in [4.69, 9.17) is 5.11 Å². The van der Waals surface area contributed by atoms with Gasteiger partial charge in [0.25, 0.3) is 0 Å². The highest BCUT2D eigenvalue weighted by molar-refractivity contribution is 5.80. The van der Waals surface area contributed by atoms with E-state index in [-0.39, 0.29) is 12.6 Å². The zero-order valence-electron chi connectivity index (χ0n) is 9.22. The van der Waals surface area contributed by atoms with E-state index in [2.05, 4.69) is 10.6 Å². The van der Waals surface area contributed by atoms with E-state index < -0.39 is 12.0 Å². The third-order valence-corrected chi connectivity index (χ3v) is 2.73. The summed E-state index contributed by atoms with van der Waals surface area (Å²) in [5, 5.41) is 13.4. The minimum atomic E-state index is -1.05. The van der Waals surface area contributed by atoms with Crippen LogP contribution in [0.4, 0.5) is 4.79 Å². The average molecular weight is 234 g/mol. The second kappa shape index (κ2) is 4.86. The molecule has 2 atom stereocenters. The lowest BCUT2D eigenvalue weighted by atomic mass is 10.1. The fourth-order valence-electron chi connectivity index (χ4n) is 1.80. The SMILES string of the molecule is O=C(O)CNC(=O)N[C@H]1C[C@H]1c1ccccc1. The number of carboxylic acid groups (broad SMARTS) is 1. The van der Waals surface area contributed by atoms with Crippen molar-refractivity contribution in [3.8, 4) is 0 Å². The van der Waals surface area contributed by atoms with E-state index in [0.29, 0.717) is 5.92 Å². The third kappa shape index (κ3) is 3.21. The van der Waals surface area contributed by atoms with Crippen LogP contribution in [0.3, 0.4) is 0 Å². The molecule has 0 saturated heterocycles. The van der Waals surface area contributed by atoms with Gasteiger partial charge in [-0.3, -0.25) is 4.79 Å². The van der Waals surface area contributed by atoms with Crippen molar-refractivity contribution in [3.05, 3.63) is 35.9 Å². The molecule has 1 saturated carbocycles. The summed E-state index contributed by atoms with van der Waals surface area (Å²) in [5.74, 6) is -0.692. The minimum Gasteiger partial charge on any atom is -0.480 e. The molecule has 17 heavy (non-hydrogen) atoms. The minimum absolute atomic E-state index is 0.117. The Labute approximate surface area is 98.8 Å². The summed E-state index contributed by atoms with van der Waals surface area (Å²) in [5.41, 5.74) is 1.20. The predicted octanol–water partition coefficient (Wildman–Crippen LogP) is 0.926. The molecule has 0 heterocycles. The topological polar surface area (TPSA) is 78.4 Å². The Morgan fingerprint density at radius 2 is 2.00 bits per heavy atom. The fourth-order valence-corrected chi connectivity index (χ4v) is 1.80. The summed E-state index contributed by atoms with van der Waals surface area (Å²) in [4.78, 5) is 21.5. The molecule has 2 rings (SSSR count). The molecule has 1 aliphatic carbocycles. The molecule has 0 aromatic heterocycles. The quantitative estimate of drug-likeness (QED) is 0.725. The molecule has 1 aliphatic rings. The molecule has 0 unspecified atom stereocenters. The number of rotatable bonds is 4. The van der Waals surface area contributed by atoms with Gasteiger partial charge in [0, 0.05) is 12.0 Å². The normalized spacial score (nSPS) is 21.6. The van der Waals surface area contributed by atoms with Gasteiger partial charge in [-0.2, -0.15) is 0 Å². The highest BCUT2D eigenvalue weighted by atomic mass is 16.4. The lowest BCUT2D eigenvalue weighted by Gasteiger charge is -2.05. The van der Waals surface area contributed by atoms with Gasteiger partial charge >= 0.3 is 12.0 Å². The number of benzene rings is 1. The molecule has 5 heteroatoms. The summed E-state index contributed by atoms with van der Waals surface area (Å²) in [6, 6.07) is 9.64. The third-order valence-electron chi connectivity index (χ3n) is 2.73. The molecule has 2 amide bonds. The molecule has 1 aromatic carbocycles. The van der Waals surface area contributed by atoms with Crippen molar-refractivity contribution < 1.29 is 14.7 Å². The van der Waals surface area contributed by atoms with Gasteiger partial charge in [0.05, 0.1) is 0 Å². The molecule has 0 radical (unpaired) electrons. The van der Waals surface area contributed by atoms with Crippen LogP contribution in [-0.2, 0) is 4.79 Å². The van der Waals surface area contributed by atoms with E-state index in [1.54, 1.807) is 0 Å². The van der Waals surface area contributed by atoms with Gasteiger partial charge in [-0.25, -0.2) is 4.79 Å². The van der Waals surface area contributed by atoms with Gasteiger partial charge < -0.3 is 15.7 Å². The second-order valence-electron chi connectivity index (χ2n) is 4.08. The van der Waals surface area contributed by atoms with Gasteiger partial charge in [0.1, 0.15) is 6.54 Å². The van der Waals surface area contributed by atoms with Gasteiger partial charge in [0.2, 0.25) is 0 Å². The standard InChI is InChI=1S/C12H14N2O3/c15-11(16)7-13-12(17)14-10-6-9(10)8-4-2-1-3-5-8/h1-5,9-10H,6-7H2,(H,15,16)(H2,13,14,17)/t9-,10-/m0/s1. The number of nitrogens with one attached hydrogen (secondary N) is 2. The maximum Gasteiger partial charge on any atom is 0.323 e. The number of hydrogen-bond donors (Lipinski definition) is 3. The molecular formula is C12H14N2O3. The summed E-state index contributed by atoms with van der Waals surface area (Å²) in [7, 11) is 0. The molecular weight excluding hydrogens is 220 g/mol.